The fourth-order valence-corrected chi connectivity index (χ4v) is 5.61. The topological polar surface area (TPSA) is 169 Å². The first kappa shape index (κ1) is 38.3. The van der Waals surface area contributed by atoms with Crippen LogP contribution in [-0.2, 0) is 35.3 Å². The van der Waals surface area contributed by atoms with E-state index >= 15 is 0 Å². The third kappa shape index (κ3) is 12.9. The van der Waals surface area contributed by atoms with Gasteiger partial charge in [-0.3, -0.25) is 24.6 Å². The molecule has 46 heavy (non-hydrogen) atoms. The summed E-state index contributed by atoms with van der Waals surface area (Å²) in [6.07, 6.45) is 2.71. The zero-order valence-electron chi connectivity index (χ0n) is 27.5. The van der Waals surface area contributed by atoms with E-state index in [0.717, 1.165) is 5.56 Å². The van der Waals surface area contributed by atoms with Crippen molar-refractivity contribution >= 4 is 53.1 Å². The van der Waals surface area contributed by atoms with Crippen molar-refractivity contribution in [3.8, 4) is 0 Å². The fraction of sp³-hybridized carbons (Fsp3) is 0.606. The largest absolute Gasteiger partial charge is 0.469 e. The minimum atomic E-state index is -0.957. The van der Waals surface area contributed by atoms with Crippen LogP contribution in [-0.4, -0.2) is 71.5 Å². The van der Waals surface area contributed by atoms with E-state index in [9.17, 15) is 24.0 Å². The van der Waals surface area contributed by atoms with Crippen LogP contribution in [0.3, 0.4) is 0 Å². The predicted molar refractivity (Wildman–Crippen MR) is 178 cm³/mol. The molecule has 1 aliphatic rings. The number of Topliss-reactive ketones (excluding diaryl/α,β-unsaturated/α-hetero) is 2. The van der Waals surface area contributed by atoms with Gasteiger partial charge >= 0.3 is 12.1 Å². The normalized spacial score (nSPS) is 16.6. The zero-order chi connectivity index (χ0) is 34.2. The number of alkyl carbamates (subject to hydrolysis) is 1. The molecule has 0 unspecified atom stereocenters. The summed E-state index contributed by atoms with van der Waals surface area (Å²) in [7, 11) is 1.31. The number of rotatable bonds is 18. The van der Waals surface area contributed by atoms with Crippen molar-refractivity contribution < 1.29 is 33.4 Å². The van der Waals surface area contributed by atoms with E-state index in [1.54, 1.807) is 4.90 Å². The fourth-order valence-electron chi connectivity index (χ4n) is 5.56. The number of carbonyl (C=O) groups excluding carboxylic acids is 5. The quantitative estimate of drug-likeness (QED) is 0.0909. The maximum atomic E-state index is 13.9. The number of ketones is 2. The highest BCUT2D eigenvalue weighted by molar-refractivity contribution is 7.80. The molecule has 0 bridgehead atoms. The molecule has 4 N–H and O–H groups in total. The Morgan fingerprint density at radius 3 is 2.41 bits per heavy atom. The minimum Gasteiger partial charge on any atom is -0.469 e. The molecule has 254 valence electrons. The second-order valence-electron chi connectivity index (χ2n) is 12.4. The Morgan fingerprint density at radius 1 is 1.11 bits per heavy atom. The van der Waals surface area contributed by atoms with Crippen LogP contribution in [0.5, 0.6) is 0 Å². The highest BCUT2D eigenvalue weighted by Crippen LogP contribution is 2.29. The van der Waals surface area contributed by atoms with Gasteiger partial charge in [0.25, 0.3) is 0 Å². The molecule has 2 amide bonds. The van der Waals surface area contributed by atoms with Crippen molar-refractivity contribution in [3.63, 3.8) is 0 Å². The number of hydrogen-bond donors (Lipinski definition) is 3. The number of nitrogens with two attached hydrogens (primary N) is 1. The Balaban J connectivity index is 2.16. The third-order valence-electron chi connectivity index (χ3n) is 7.93. The monoisotopic (exact) mass is 659 g/mol. The van der Waals surface area contributed by atoms with Gasteiger partial charge in [-0.1, -0.05) is 58.0 Å². The lowest BCUT2D eigenvalue weighted by Crippen LogP contribution is -2.47. The SMILES string of the molecule is COC(=O)[C@@H](CC(=O)[C@@H]1CCCN1C(=O)[C@@H](CC(=O)[C@H](CC/C=N\NC(N)=S)NC(=O)OCc1ccccc1)C(C)C)CC(C)C. The molecule has 12 nitrogen and oxygen atoms in total. The van der Waals surface area contributed by atoms with Gasteiger partial charge < -0.3 is 25.4 Å². The van der Waals surface area contributed by atoms with E-state index in [4.69, 9.17) is 27.4 Å². The lowest BCUT2D eigenvalue weighted by atomic mass is 9.86. The smallest absolute Gasteiger partial charge is 0.408 e. The molecule has 1 heterocycles. The number of nitrogens with zero attached hydrogens (tertiary/aromatic N) is 2. The van der Waals surface area contributed by atoms with Crippen LogP contribution in [0, 0.1) is 23.7 Å². The minimum absolute atomic E-state index is 0.00699. The molecular weight excluding hydrogens is 610 g/mol. The summed E-state index contributed by atoms with van der Waals surface area (Å²) in [5.74, 6) is -2.58. The van der Waals surface area contributed by atoms with E-state index in [1.165, 1.54) is 13.3 Å². The number of esters is 1. The molecule has 1 aromatic rings. The predicted octanol–water partition coefficient (Wildman–Crippen LogP) is 3.90. The number of methoxy groups -OCH3 is 1. The highest BCUT2D eigenvalue weighted by atomic mass is 32.1. The van der Waals surface area contributed by atoms with E-state index < -0.39 is 36.0 Å². The third-order valence-corrected chi connectivity index (χ3v) is 8.02. The van der Waals surface area contributed by atoms with Crippen LogP contribution in [0.4, 0.5) is 4.79 Å². The van der Waals surface area contributed by atoms with Crippen molar-refractivity contribution in [1.29, 1.82) is 0 Å². The van der Waals surface area contributed by atoms with Crippen LogP contribution >= 0.6 is 12.2 Å². The number of benzene rings is 1. The molecule has 2 rings (SSSR count). The van der Waals surface area contributed by atoms with Crippen LogP contribution < -0.4 is 16.5 Å². The second kappa shape index (κ2) is 19.6. The summed E-state index contributed by atoms with van der Waals surface area (Å²) in [5, 5.41) is 6.53. The van der Waals surface area contributed by atoms with Gasteiger partial charge in [0.2, 0.25) is 5.91 Å². The highest BCUT2D eigenvalue weighted by Gasteiger charge is 2.40. The molecule has 1 saturated heterocycles. The van der Waals surface area contributed by atoms with Gasteiger partial charge in [-0.15, -0.1) is 0 Å². The lowest BCUT2D eigenvalue weighted by Gasteiger charge is -2.31. The Hall–Kier alpha value is -3.87. The molecule has 1 fully saturated rings. The Labute approximate surface area is 277 Å². The standard InChI is InChI=1S/C33H49N5O7S/c1-21(2)17-24(31(42)44-5)18-29(40)27-14-10-16-38(27)30(41)25(22(3)4)19-28(39)26(13-9-15-35-37-32(34)46)36-33(43)45-20-23-11-7-6-8-12-23/h6-8,11-12,15,21-22,24-27H,9-10,13-14,16-20H2,1-5H3,(H,36,43)(H3,34,37,46)/b35-15-/t24-,25+,26+,27+/m1/s1. The summed E-state index contributed by atoms with van der Waals surface area (Å²) >= 11 is 4.73. The second-order valence-corrected chi connectivity index (χ2v) is 12.8. The zero-order valence-corrected chi connectivity index (χ0v) is 28.3. The molecule has 1 aromatic carbocycles. The molecular formula is C33H49N5O7S. The number of hydrogen-bond acceptors (Lipinski definition) is 9. The molecule has 0 saturated carbocycles. The molecule has 0 aliphatic carbocycles. The first-order valence-corrected chi connectivity index (χ1v) is 16.2. The number of amides is 2. The van der Waals surface area contributed by atoms with Crippen molar-refractivity contribution in [2.24, 2.45) is 34.5 Å². The molecule has 1 aliphatic heterocycles. The Morgan fingerprint density at radius 2 is 1.80 bits per heavy atom. The number of thiocarbonyl (C=S) groups is 1. The van der Waals surface area contributed by atoms with Crippen LogP contribution in [0.25, 0.3) is 0 Å². The summed E-state index contributed by atoms with van der Waals surface area (Å²) in [6, 6.07) is 7.52. The number of carbonyl (C=O) groups is 5. The summed E-state index contributed by atoms with van der Waals surface area (Å²) in [5.41, 5.74) is 8.62. The first-order chi connectivity index (χ1) is 21.8. The van der Waals surface area contributed by atoms with Crippen LogP contribution in [0.2, 0.25) is 0 Å². The average molecular weight is 660 g/mol. The van der Waals surface area contributed by atoms with E-state index in [1.807, 2.05) is 58.0 Å². The molecule has 4 atom stereocenters. The van der Waals surface area contributed by atoms with Crippen molar-refractivity contribution in [2.75, 3.05) is 13.7 Å². The van der Waals surface area contributed by atoms with Crippen LogP contribution in [0.15, 0.2) is 35.4 Å². The van der Waals surface area contributed by atoms with Gasteiger partial charge in [-0.05, 0) is 61.7 Å². The summed E-state index contributed by atoms with van der Waals surface area (Å²) in [4.78, 5) is 67.7. The molecule has 0 radical (unpaired) electrons. The van der Waals surface area contributed by atoms with E-state index in [0.29, 0.717) is 32.2 Å². The van der Waals surface area contributed by atoms with Gasteiger partial charge in [0.15, 0.2) is 16.7 Å². The van der Waals surface area contributed by atoms with Gasteiger partial charge in [0, 0.05) is 31.5 Å². The van der Waals surface area contributed by atoms with Crippen molar-refractivity contribution in [2.45, 2.75) is 91.3 Å². The Bertz CT molecular complexity index is 1220. The van der Waals surface area contributed by atoms with Crippen LogP contribution in [0.1, 0.15) is 78.2 Å². The maximum Gasteiger partial charge on any atom is 0.408 e. The maximum absolute atomic E-state index is 13.9. The number of nitrogens with one attached hydrogen (secondary N) is 2. The number of ether oxygens (including phenoxy) is 2. The average Bonchev–Trinajstić information content (AvgIpc) is 3.51. The summed E-state index contributed by atoms with van der Waals surface area (Å²) in [6.45, 7) is 8.06. The Kier molecular flexibility index (Phi) is 16.3. The van der Waals surface area contributed by atoms with E-state index in [-0.39, 0.29) is 60.3 Å². The van der Waals surface area contributed by atoms with Crippen molar-refractivity contribution in [1.82, 2.24) is 15.6 Å². The van der Waals surface area contributed by atoms with Gasteiger partial charge in [0.1, 0.15) is 6.61 Å². The van der Waals surface area contributed by atoms with Gasteiger partial charge in [-0.25, -0.2) is 4.79 Å². The van der Waals surface area contributed by atoms with Gasteiger partial charge in [0.05, 0.1) is 25.1 Å². The van der Waals surface area contributed by atoms with E-state index in [2.05, 4.69) is 15.8 Å². The molecule has 0 spiro atoms. The summed E-state index contributed by atoms with van der Waals surface area (Å²) < 4.78 is 10.3. The van der Waals surface area contributed by atoms with Crippen molar-refractivity contribution in [3.05, 3.63) is 35.9 Å². The van der Waals surface area contributed by atoms with Gasteiger partial charge in [-0.2, -0.15) is 5.10 Å². The number of likely N-dealkylation sites (tertiary alicyclic amines) is 1. The molecule has 0 aromatic heterocycles. The lowest BCUT2D eigenvalue weighted by molar-refractivity contribution is -0.149. The molecule has 13 heteroatoms. The number of hydrazone groups is 1. The first-order valence-electron chi connectivity index (χ1n) is 15.8.